The highest BCUT2D eigenvalue weighted by atomic mass is 35.5. The zero-order valence-electron chi connectivity index (χ0n) is 16.5. The number of hydrogen-bond donors (Lipinski definition) is 1. The van der Waals surface area contributed by atoms with Crippen LogP contribution in [0, 0.1) is 12.3 Å². The summed E-state index contributed by atoms with van der Waals surface area (Å²) >= 11 is 6.52. The van der Waals surface area contributed by atoms with E-state index in [1.54, 1.807) is 4.68 Å². The van der Waals surface area contributed by atoms with Crippen LogP contribution in [-0.2, 0) is 13.6 Å². The lowest BCUT2D eigenvalue weighted by Gasteiger charge is -2.21. The van der Waals surface area contributed by atoms with Gasteiger partial charge < -0.3 is 9.84 Å². The van der Waals surface area contributed by atoms with Crippen LogP contribution in [0.5, 0.6) is 0 Å². The predicted molar refractivity (Wildman–Crippen MR) is 104 cm³/mol. The summed E-state index contributed by atoms with van der Waals surface area (Å²) in [6, 6.07) is 2.45. The maximum absolute atomic E-state index is 6.52. The normalized spacial score (nSPS) is 18.8. The third-order valence-corrected chi connectivity index (χ3v) is 5.37. The molecule has 0 radical (unpaired) electrons. The lowest BCUT2D eigenvalue weighted by atomic mass is 9.92. The van der Waals surface area contributed by atoms with E-state index in [4.69, 9.17) is 16.1 Å². The van der Waals surface area contributed by atoms with Crippen LogP contribution in [0.2, 0.25) is 5.15 Å². The van der Waals surface area contributed by atoms with Gasteiger partial charge in [0.25, 0.3) is 0 Å². The van der Waals surface area contributed by atoms with Gasteiger partial charge in [0.2, 0.25) is 0 Å². The first kappa shape index (κ1) is 19.4. The summed E-state index contributed by atoms with van der Waals surface area (Å²) in [5.74, 6) is 0.775. The molecule has 1 atom stereocenters. The molecular weight excluding hydrogens is 350 g/mol. The van der Waals surface area contributed by atoms with Crippen molar-refractivity contribution in [2.24, 2.45) is 12.5 Å². The number of nitrogens with one attached hydrogen (secondary N) is 1. The molecule has 3 rings (SSSR count). The fraction of sp³-hybridized carbons (Fsp3) is 0.684. The first-order chi connectivity index (χ1) is 12.2. The van der Waals surface area contributed by atoms with E-state index in [1.165, 1.54) is 12.8 Å². The minimum Gasteiger partial charge on any atom is -0.361 e. The number of aryl methyl sites for hydroxylation is 2. The van der Waals surface area contributed by atoms with Crippen molar-refractivity contribution in [3.63, 3.8) is 0 Å². The summed E-state index contributed by atoms with van der Waals surface area (Å²) in [7, 11) is 1.86. The predicted octanol–water partition coefficient (Wildman–Crippen LogP) is 3.64. The molecule has 7 heteroatoms. The first-order valence-electron chi connectivity index (χ1n) is 9.34. The fourth-order valence-corrected chi connectivity index (χ4v) is 3.58. The Morgan fingerprint density at radius 1 is 1.38 bits per heavy atom. The summed E-state index contributed by atoms with van der Waals surface area (Å²) < 4.78 is 6.93. The van der Waals surface area contributed by atoms with Gasteiger partial charge in [0.1, 0.15) is 22.3 Å². The maximum atomic E-state index is 6.52. The smallest absolute Gasteiger partial charge is 0.134 e. The highest BCUT2D eigenvalue weighted by molar-refractivity contribution is 6.30. The molecule has 1 aliphatic rings. The van der Waals surface area contributed by atoms with Crippen LogP contribution in [0.4, 0.5) is 0 Å². The molecule has 0 bridgehead atoms. The zero-order valence-corrected chi connectivity index (χ0v) is 17.2. The molecule has 1 saturated heterocycles. The van der Waals surface area contributed by atoms with Crippen LogP contribution in [0.15, 0.2) is 10.6 Å². The van der Waals surface area contributed by atoms with Gasteiger partial charge in [-0.15, -0.1) is 0 Å². The van der Waals surface area contributed by atoms with Crippen LogP contribution >= 0.6 is 11.6 Å². The molecule has 0 saturated carbocycles. The molecular formula is C19H30ClN5O. The fourth-order valence-electron chi connectivity index (χ4n) is 3.39. The quantitative estimate of drug-likeness (QED) is 0.830. The molecule has 0 aliphatic carbocycles. The Balaban J connectivity index is 1.63. The van der Waals surface area contributed by atoms with Gasteiger partial charge in [-0.1, -0.05) is 37.5 Å². The SMILES string of the molecule is Cc1cc(-c2nn(C)c(Cl)c2CN2CCC(NCCC(C)(C)C)C2)no1. The topological polar surface area (TPSA) is 59.1 Å². The van der Waals surface area contributed by atoms with E-state index >= 15 is 0 Å². The summed E-state index contributed by atoms with van der Waals surface area (Å²) in [4.78, 5) is 2.44. The summed E-state index contributed by atoms with van der Waals surface area (Å²) in [5, 5.41) is 13.0. The lowest BCUT2D eigenvalue weighted by molar-refractivity contribution is 0.313. The van der Waals surface area contributed by atoms with Gasteiger partial charge in [-0.25, -0.2) is 0 Å². The first-order valence-corrected chi connectivity index (χ1v) is 9.71. The third-order valence-electron chi connectivity index (χ3n) is 4.90. The Morgan fingerprint density at radius 3 is 2.81 bits per heavy atom. The van der Waals surface area contributed by atoms with Crippen molar-refractivity contribution in [3.8, 4) is 11.4 Å². The molecule has 1 fully saturated rings. The Labute approximate surface area is 160 Å². The maximum Gasteiger partial charge on any atom is 0.134 e. The molecule has 6 nitrogen and oxygen atoms in total. The van der Waals surface area contributed by atoms with Gasteiger partial charge in [0.05, 0.1) is 0 Å². The summed E-state index contributed by atoms with van der Waals surface area (Å²) in [6.07, 6.45) is 2.36. The third kappa shape index (κ3) is 4.67. The summed E-state index contributed by atoms with van der Waals surface area (Å²) in [6.45, 7) is 12.7. The van der Waals surface area contributed by atoms with E-state index in [1.807, 2.05) is 20.0 Å². The molecule has 2 aromatic rings. The number of nitrogens with zero attached hydrogens (tertiary/aromatic N) is 4. The van der Waals surface area contributed by atoms with E-state index in [-0.39, 0.29) is 0 Å². The number of likely N-dealkylation sites (tertiary alicyclic amines) is 1. The van der Waals surface area contributed by atoms with E-state index in [0.717, 1.165) is 48.9 Å². The molecule has 2 aromatic heterocycles. The second kappa shape index (κ2) is 7.71. The van der Waals surface area contributed by atoms with Crippen molar-refractivity contribution >= 4 is 11.6 Å². The number of hydrogen-bond acceptors (Lipinski definition) is 5. The van der Waals surface area contributed by atoms with Gasteiger partial charge in [-0.2, -0.15) is 5.10 Å². The largest absolute Gasteiger partial charge is 0.361 e. The number of rotatable bonds is 6. The van der Waals surface area contributed by atoms with Crippen LogP contribution < -0.4 is 5.32 Å². The molecule has 26 heavy (non-hydrogen) atoms. The van der Waals surface area contributed by atoms with E-state index in [2.05, 4.69) is 41.2 Å². The van der Waals surface area contributed by atoms with Crippen molar-refractivity contribution in [1.29, 1.82) is 0 Å². The Bertz CT molecular complexity index is 746. The standard InChI is InChI=1S/C19H30ClN5O/c1-13-10-16(23-26-13)17-15(18(20)24(5)22-17)12-25-9-6-14(11-25)21-8-7-19(2,3)4/h10,14,21H,6-9,11-12H2,1-5H3. The molecule has 1 N–H and O–H groups in total. The average Bonchev–Trinajstić information content (AvgIpc) is 3.23. The molecule has 144 valence electrons. The number of halogens is 1. The molecule has 0 amide bonds. The highest BCUT2D eigenvalue weighted by Gasteiger charge is 2.26. The Kier molecular flexibility index (Phi) is 5.75. The van der Waals surface area contributed by atoms with Gasteiger partial charge in [-0.3, -0.25) is 9.58 Å². The molecule has 1 unspecified atom stereocenters. The zero-order chi connectivity index (χ0) is 18.9. The second-order valence-electron chi connectivity index (χ2n) is 8.55. The lowest BCUT2D eigenvalue weighted by Crippen LogP contribution is -2.34. The van der Waals surface area contributed by atoms with Crippen LogP contribution in [0.3, 0.4) is 0 Å². The van der Waals surface area contributed by atoms with Crippen molar-refractivity contribution in [1.82, 2.24) is 25.2 Å². The minimum absolute atomic E-state index is 0.374. The van der Waals surface area contributed by atoms with Crippen molar-refractivity contribution in [2.75, 3.05) is 19.6 Å². The molecule has 0 aromatic carbocycles. The van der Waals surface area contributed by atoms with Crippen molar-refractivity contribution in [3.05, 3.63) is 22.5 Å². The van der Waals surface area contributed by atoms with Crippen LogP contribution in [0.1, 0.15) is 44.9 Å². The molecule has 3 heterocycles. The van der Waals surface area contributed by atoms with E-state index in [9.17, 15) is 0 Å². The second-order valence-corrected chi connectivity index (χ2v) is 8.91. The van der Waals surface area contributed by atoms with E-state index in [0.29, 0.717) is 16.6 Å². The molecule has 0 spiro atoms. The van der Waals surface area contributed by atoms with Gasteiger partial charge in [0.15, 0.2) is 0 Å². The van der Waals surface area contributed by atoms with Crippen LogP contribution in [0.25, 0.3) is 11.4 Å². The molecule has 1 aliphatic heterocycles. The number of aromatic nitrogens is 3. The van der Waals surface area contributed by atoms with Crippen LogP contribution in [-0.4, -0.2) is 45.5 Å². The average molecular weight is 380 g/mol. The monoisotopic (exact) mass is 379 g/mol. The Morgan fingerprint density at radius 2 is 2.15 bits per heavy atom. The van der Waals surface area contributed by atoms with E-state index < -0.39 is 0 Å². The Hall–Kier alpha value is -1.37. The minimum atomic E-state index is 0.374. The van der Waals surface area contributed by atoms with Gasteiger partial charge in [0, 0.05) is 44.4 Å². The van der Waals surface area contributed by atoms with Gasteiger partial charge >= 0.3 is 0 Å². The van der Waals surface area contributed by atoms with Crippen molar-refractivity contribution < 1.29 is 4.52 Å². The van der Waals surface area contributed by atoms with Gasteiger partial charge in [-0.05, 0) is 31.7 Å². The highest BCUT2D eigenvalue weighted by Crippen LogP contribution is 2.30. The van der Waals surface area contributed by atoms with Crippen molar-refractivity contribution in [2.45, 2.75) is 53.1 Å². The summed E-state index contributed by atoms with van der Waals surface area (Å²) in [5.41, 5.74) is 2.97.